The van der Waals surface area contributed by atoms with E-state index >= 15 is 0 Å². The number of ketones is 1. The monoisotopic (exact) mass is 204 g/mol. The molecule has 0 amide bonds. The summed E-state index contributed by atoms with van der Waals surface area (Å²) in [7, 11) is 0. The molecule has 3 nitrogen and oxygen atoms in total. The second-order valence-corrected chi connectivity index (χ2v) is 4.22. The predicted octanol–water partition coefficient (Wildman–Crippen LogP) is 2.49. The highest BCUT2D eigenvalue weighted by atomic mass is 16.1. The van der Waals surface area contributed by atoms with Crippen LogP contribution in [0.15, 0.2) is 12.3 Å². The van der Waals surface area contributed by atoms with E-state index in [-0.39, 0.29) is 5.92 Å². The second-order valence-electron chi connectivity index (χ2n) is 4.22. The molecule has 0 saturated heterocycles. The van der Waals surface area contributed by atoms with Crippen LogP contribution in [-0.4, -0.2) is 16.0 Å². The van der Waals surface area contributed by atoms with E-state index < -0.39 is 0 Å². The summed E-state index contributed by atoms with van der Waals surface area (Å²) in [4.78, 5) is 11.2. The lowest BCUT2D eigenvalue weighted by atomic mass is 9.85. The number of Topliss-reactive ketones (excluding diaryl/α,β-unsaturated/α-hetero) is 1. The normalized spacial score (nSPS) is 21.2. The molecule has 1 unspecified atom stereocenters. The average Bonchev–Trinajstić information content (AvgIpc) is 2.65. The van der Waals surface area contributed by atoms with Crippen LogP contribution in [0.2, 0.25) is 0 Å². The molecule has 0 aliphatic heterocycles. The van der Waals surface area contributed by atoms with Crippen LogP contribution in [0, 0.1) is 12.8 Å². The molecule has 1 aromatic rings. The smallest absolute Gasteiger partial charge is 0.133 e. The van der Waals surface area contributed by atoms with Gasteiger partial charge in [0, 0.05) is 17.2 Å². The maximum atomic E-state index is 11.2. The van der Waals surface area contributed by atoms with Crippen molar-refractivity contribution in [1.29, 1.82) is 0 Å². The molecule has 0 fully saturated rings. The largest absolute Gasteiger partial charge is 0.300 e. The number of aromatic nitrogens is 2. The van der Waals surface area contributed by atoms with E-state index in [9.17, 15) is 4.79 Å². The molecular weight excluding hydrogens is 188 g/mol. The van der Waals surface area contributed by atoms with Crippen LogP contribution in [0.4, 0.5) is 0 Å². The zero-order chi connectivity index (χ0) is 10.8. The zero-order valence-corrected chi connectivity index (χ0v) is 9.21. The highest BCUT2D eigenvalue weighted by Crippen LogP contribution is 2.31. The fraction of sp³-hybridized carbons (Fsp3) is 0.500. The first-order valence-electron chi connectivity index (χ1n) is 5.38. The van der Waals surface area contributed by atoms with Crippen molar-refractivity contribution in [3.63, 3.8) is 0 Å². The van der Waals surface area contributed by atoms with Gasteiger partial charge >= 0.3 is 0 Å². The Bertz CT molecular complexity index is 404. The fourth-order valence-electron chi connectivity index (χ4n) is 2.12. The molecule has 1 aliphatic carbocycles. The van der Waals surface area contributed by atoms with E-state index in [1.54, 1.807) is 6.92 Å². The van der Waals surface area contributed by atoms with Gasteiger partial charge in [0.05, 0.1) is 6.20 Å². The lowest BCUT2D eigenvalue weighted by Gasteiger charge is -2.19. The first-order chi connectivity index (χ1) is 7.18. The summed E-state index contributed by atoms with van der Waals surface area (Å²) in [5.74, 6) is 0.551. The highest BCUT2D eigenvalue weighted by Gasteiger charge is 2.19. The maximum Gasteiger partial charge on any atom is 0.133 e. The molecule has 1 aromatic heterocycles. The highest BCUT2D eigenvalue weighted by molar-refractivity contribution is 5.80. The van der Waals surface area contributed by atoms with Gasteiger partial charge in [-0.3, -0.25) is 9.89 Å². The third-order valence-corrected chi connectivity index (χ3v) is 3.16. The summed E-state index contributed by atoms with van der Waals surface area (Å²) in [5, 5.41) is 6.96. The lowest BCUT2D eigenvalue weighted by Crippen LogP contribution is -2.13. The molecular formula is C12H16N2O. The molecule has 2 rings (SSSR count). The number of hydrogen-bond donors (Lipinski definition) is 1. The van der Waals surface area contributed by atoms with E-state index in [4.69, 9.17) is 0 Å². The second kappa shape index (κ2) is 4.01. The first kappa shape index (κ1) is 10.1. The van der Waals surface area contributed by atoms with Crippen molar-refractivity contribution in [2.75, 3.05) is 0 Å². The standard InChI is InChI=1S/C12H16N2O/c1-8-12(7-13-14-8)11-5-3-10(4-6-11)9(2)15/h5,7,10H,3-4,6H2,1-2H3,(H,13,14). The van der Waals surface area contributed by atoms with Crippen LogP contribution in [0.5, 0.6) is 0 Å². The van der Waals surface area contributed by atoms with Crippen LogP contribution < -0.4 is 0 Å². The fourth-order valence-corrected chi connectivity index (χ4v) is 2.12. The molecule has 1 atom stereocenters. The first-order valence-corrected chi connectivity index (χ1v) is 5.38. The van der Waals surface area contributed by atoms with E-state index in [0.29, 0.717) is 5.78 Å². The summed E-state index contributed by atoms with van der Waals surface area (Å²) in [6, 6.07) is 0. The molecule has 0 aromatic carbocycles. The Hall–Kier alpha value is -1.38. The van der Waals surface area contributed by atoms with Crippen molar-refractivity contribution in [3.05, 3.63) is 23.5 Å². The van der Waals surface area contributed by atoms with Gasteiger partial charge in [-0.1, -0.05) is 6.08 Å². The van der Waals surface area contributed by atoms with Gasteiger partial charge in [-0.25, -0.2) is 0 Å². The number of allylic oxidation sites excluding steroid dienone is 2. The lowest BCUT2D eigenvalue weighted by molar-refractivity contribution is -0.120. The van der Waals surface area contributed by atoms with Gasteiger partial charge in [-0.15, -0.1) is 0 Å². The number of nitrogens with one attached hydrogen (secondary N) is 1. The van der Waals surface area contributed by atoms with Crippen LogP contribution >= 0.6 is 0 Å². The average molecular weight is 204 g/mol. The minimum atomic E-state index is 0.237. The Balaban J connectivity index is 2.15. The summed E-state index contributed by atoms with van der Waals surface area (Å²) in [5.41, 5.74) is 3.65. The van der Waals surface area contributed by atoms with E-state index in [0.717, 1.165) is 25.0 Å². The van der Waals surface area contributed by atoms with Gasteiger partial charge in [0.1, 0.15) is 5.78 Å². The summed E-state index contributed by atoms with van der Waals surface area (Å²) in [6.45, 7) is 3.72. The molecule has 0 spiro atoms. The van der Waals surface area contributed by atoms with Crippen LogP contribution in [0.1, 0.15) is 37.4 Å². The third kappa shape index (κ3) is 2.01. The molecule has 0 radical (unpaired) electrons. The van der Waals surface area contributed by atoms with Gasteiger partial charge in [-0.05, 0) is 38.7 Å². The van der Waals surface area contributed by atoms with E-state index in [1.165, 1.54) is 11.1 Å². The Morgan fingerprint density at radius 3 is 2.87 bits per heavy atom. The van der Waals surface area contributed by atoms with Gasteiger partial charge in [0.25, 0.3) is 0 Å². The number of aromatic amines is 1. The van der Waals surface area contributed by atoms with Crippen molar-refractivity contribution in [2.24, 2.45) is 5.92 Å². The number of H-pyrrole nitrogens is 1. The van der Waals surface area contributed by atoms with Crippen LogP contribution in [0.3, 0.4) is 0 Å². The number of carbonyl (C=O) groups is 1. The molecule has 1 aliphatic rings. The van der Waals surface area contributed by atoms with Crippen molar-refractivity contribution >= 4 is 11.4 Å². The molecule has 0 bridgehead atoms. The topological polar surface area (TPSA) is 45.8 Å². The van der Waals surface area contributed by atoms with Crippen molar-refractivity contribution < 1.29 is 4.79 Å². The molecule has 1 N–H and O–H groups in total. The van der Waals surface area contributed by atoms with E-state index in [1.807, 2.05) is 13.1 Å². The van der Waals surface area contributed by atoms with E-state index in [2.05, 4.69) is 16.3 Å². The maximum absolute atomic E-state index is 11.2. The van der Waals surface area contributed by atoms with Gasteiger partial charge in [0.2, 0.25) is 0 Å². The predicted molar refractivity (Wildman–Crippen MR) is 59.3 cm³/mol. The van der Waals surface area contributed by atoms with Crippen LogP contribution in [0.25, 0.3) is 5.57 Å². The van der Waals surface area contributed by atoms with Crippen LogP contribution in [-0.2, 0) is 4.79 Å². The number of aryl methyl sites for hydroxylation is 1. The molecule has 0 saturated carbocycles. The van der Waals surface area contributed by atoms with Gasteiger partial charge in [-0.2, -0.15) is 5.10 Å². The number of hydrogen-bond acceptors (Lipinski definition) is 2. The van der Waals surface area contributed by atoms with Crippen molar-refractivity contribution in [1.82, 2.24) is 10.2 Å². The summed E-state index contributed by atoms with van der Waals surface area (Å²) in [6.07, 6.45) is 6.91. The van der Waals surface area contributed by atoms with Crippen molar-refractivity contribution in [3.8, 4) is 0 Å². The number of rotatable bonds is 2. The number of nitrogens with zero attached hydrogens (tertiary/aromatic N) is 1. The minimum Gasteiger partial charge on any atom is -0.300 e. The Labute approximate surface area is 89.6 Å². The molecule has 3 heteroatoms. The molecule has 80 valence electrons. The zero-order valence-electron chi connectivity index (χ0n) is 9.21. The molecule has 1 heterocycles. The number of carbonyl (C=O) groups excluding carboxylic acids is 1. The third-order valence-electron chi connectivity index (χ3n) is 3.16. The Morgan fingerprint density at radius 2 is 2.40 bits per heavy atom. The Morgan fingerprint density at radius 1 is 1.60 bits per heavy atom. The van der Waals surface area contributed by atoms with Crippen molar-refractivity contribution in [2.45, 2.75) is 33.1 Å². The quantitative estimate of drug-likeness (QED) is 0.804. The Kier molecular flexibility index (Phi) is 2.71. The van der Waals surface area contributed by atoms with Gasteiger partial charge in [0.15, 0.2) is 0 Å². The molecule has 15 heavy (non-hydrogen) atoms. The van der Waals surface area contributed by atoms with Gasteiger partial charge < -0.3 is 0 Å². The SMILES string of the molecule is CC(=O)C1CC=C(c2cn[nH]c2C)CC1. The summed E-state index contributed by atoms with van der Waals surface area (Å²) < 4.78 is 0. The minimum absolute atomic E-state index is 0.237. The summed E-state index contributed by atoms with van der Waals surface area (Å²) >= 11 is 0.